The predicted octanol–water partition coefficient (Wildman–Crippen LogP) is 1.40. The van der Waals surface area contributed by atoms with Crippen LogP contribution >= 0.6 is 0 Å². The summed E-state index contributed by atoms with van der Waals surface area (Å²) in [7, 11) is 3.07. The molecular weight excluding hydrogens is 476 g/mol. The Morgan fingerprint density at radius 2 is 1.62 bits per heavy atom. The lowest BCUT2D eigenvalue weighted by Gasteiger charge is -2.30. The second kappa shape index (κ2) is 9.13. The molecular formula is C27H28N4O6. The minimum absolute atomic E-state index is 0.128. The average Bonchev–Trinajstić information content (AvgIpc) is 3.43. The number of nitrogens with one attached hydrogen (secondary N) is 1. The predicted molar refractivity (Wildman–Crippen MR) is 133 cm³/mol. The zero-order valence-corrected chi connectivity index (χ0v) is 20.7. The first-order valence-corrected chi connectivity index (χ1v) is 12.0. The maximum Gasteiger partial charge on any atom is 0.327 e. The summed E-state index contributed by atoms with van der Waals surface area (Å²) in [5.41, 5.74) is -0.00215. The Labute approximate surface area is 213 Å². The first kappa shape index (κ1) is 24.7. The highest BCUT2D eigenvalue weighted by Crippen LogP contribution is 2.48. The molecule has 0 saturated carbocycles. The number of imide groups is 1. The van der Waals surface area contributed by atoms with E-state index in [9.17, 15) is 24.3 Å². The van der Waals surface area contributed by atoms with Gasteiger partial charge in [0.05, 0.1) is 42.3 Å². The average molecular weight is 505 g/mol. The Balaban J connectivity index is 1.59. The largest absolute Gasteiger partial charge is 0.480 e. The lowest BCUT2D eigenvalue weighted by molar-refractivity contribution is -0.154. The summed E-state index contributed by atoms with van der Waals surface area (Å²) in [6, 6.07) is 17.3. The van der Waals surface area contributed by atoms with Gasteiger partial charge in [-0.2, -0.15) is 0 Å². The van der Waals surface area contributed by atoms with E-state index in [4.69, 9.17) is 4.74 Å². The Morgan fingerprint density at radius 1 is 1.00 bits per heavy atom. The van der Waals surface area contributed by atoms with E-state index in [1.165, 1.54) is 11.7 Å². The highest BCUT2D eigenvalue weighted by molar-refractivity contribution is 6.09. The number of hydrogen-bond acceptors (Lipinski definition) is 6. The van der Waals surface area contributed by atoms with E-state index in [0.717, 1.165) is 10.5 Å². The van der Waals surface area contributed by atoms with Crippen molar-refractivity contribution in [2.75, 3.05) is 13.7 Å². The van der Waals surface area contributed by atoms with Crippen molar-refractivity contribution in [3.63, 3.8) is 0 Å². The van der Waals surface area contributed by atoms with Gasteiger partial charge in [0.15, 0.2) is 5.54 Å². The summed E-state index contributed by atoms with van der Waals surface area (Å²) in [5.74, 6) is -4.73. The second-order valence-corrected chi connectivity index (χ2v) is 9.59. The van der Waals surface area contributed by atoms with Crippen LogP contribution < -0.4 is 10.9 Å². The molecule has 3 aromatic rings. The zero-order chi connectivity index (χ0) is 26.5. The molecule has 5 rings (SSSR count). The number of aromatic nitrogens is 2. The number of aliphatic carboxylic acids is 1. The van der Waals surface area contributed by atoms with Crippen molar-refractivity contribution in [3.05, 3.63) is 87.8 Å². The number of carboxylic acids is 1. The number of fused-ring (bicyclic) bond motifs is 1. The number of rotatable bonds is 7. The van der Waals surface area contributed by atoms with Gasteiger partial charge in [0.25, 0.3) is 5.56 Å². The third kappa shape index (κ3) is 3.71. The molecule has 10 heteroatoms. The first-order valence-electron chi connectivity index (χ1n) is 12.0. The summed E-state index contributed by atoms with van der Waals surface area (Å²) < 4.78 is 8.96. The van der Waals surface area contributed by atoms with Gasteiger partial charge >= 0.3 is 5.97 Å². The number of hydrogen-bond donors (Lipinski definition) is 2. The van der Waals surface area contributed by atoms with Crippen LogP contribution in [0.1, 0.15) is 22.9 Å². The quantitative estimate of drug-likeness (QED) is 0.467. The van der Waals surface area contributed by atoms with Crippen molar-refractivity contribution in [2.24, 2.45) is 18.9 Å². The second-order valence-electron chi connectivity index (χ2n) is 9.59. The molecule has 2 aromatic carbocycles. The normalized spacial score (nSPS) is 25.1. The molecule has 192 valence electrons. The Kier molecular flexibility index (Phi) is 6.09. The summed E-state index contributed by atoms with van der Waals surface area (Å²) >= 11 is 0. The lowest BCUT2D eigenvalue weighted by Crippen LogP contribution is -2.58. The molecule has 2 amide bonds. The van der Waals surface area contributed by atoms with Crippen molar-refractivity contribution in [3.8, 4) is 5.69 Å². The van der Waals surface area contributed by atoms with E-state index in [0.29, 0.717) is 11.4 Å². The maximum atomic E-state index is 13.7. The monoisotopic (exact) mass is 504 g/mol. The third-order valence-corrected chi connectivity index (χ3v) is 7.61. The van der Waals surface area contributed by atoms with Crippen LogP contribution in [-0.2, 0) is 32.8 Å². The molecule has 2 aliphatic heterocycles. The van der Waals surface area contributed by atoms with E-state index in [1.54, 1.807) is 42.9 Å². The van der Waals surface area contributed by atoms with Crippen LogP contribution in [0.4, 0.5) is 0 Å². The van der Waals surface area contributed by atoms with Crippen molar-refractivity contribution in [2.45, 2.75) is 25.1 Å². The first-order chi connectivity index (χ1) is 17.7. The van der Waals surface area contributed by atoms with E-state index in [1.807, 2.05) is 36.4 Å². The number of ether oxygens (including phenoxy) is 1. The number of carboxylic acid groups (broad SMARTS) is 1. The van der Waals surface area contributed by atoms with Gasteiger partial charge in [-0.25, -0.2) is 4.68 Å². The van der Waals surface area contributed by atoms with Gasteiger partial charge in [-0.1, -0.05) is 48.5 Å². The van der Waals surface area contributed by atoms with Crippen molar-refractivity contribution in [1.82, 2.24) is 19.6 Å². The smallest absolute Gasteiger partial charge is 0.327 e. The summed E-state index contributed by atoms with van der Waals surface area (Å²) in [4.78, 5) is 54.0. The minimum atomic E-state index is -1.89. The van der Waals surface area contributed by atoms with E-state index in [-0.39, 0.29) is 24.3 Å². The summed E-state index contributed by atoms with van der Waals surface area (Å²) in [6.45, 7) is 1.51. The standard InChI is InChI=1S/C27H28N4O6/c1-16-19(24(33)31(30(16)3)18-12-8-5-9-13-18)22-20-21(25(34)29(2)23(20)32)27(28-22,26(35)36)15-37-14-17-10-6-4-7-11-17/h4-13,20-22,28H,14-15H2,1-3H3,(H,35,36). The van der Waals surface area contributed by atoms with E-state index >= 15 is 0 Å². The minimum Gasteiger partial charge on any atom is -0.480 e. The van der Waals surface area contributed by atoms with Gasteiger partial charge < -0.3 is 9.84 Å². The molecule has 0 aliphatic carbocycles. The van der Waals surface area contributed by atoms with Crippen molar-refractivity contribution < 1.29 is 24.2 Å². The van der Waals surface area contributed by atoms with Gasteiger partial charge in [0.2, 0.25) is 11.8 Å². The lowest BCUT2D eigenvalue weighted by atomic mass is 9.79. The van der Waals surface area contributed by atoms with Gasteiger partial charge in [-0.15, -0.1) is 0 Å². The van der Waals surface area contributed by atoms with Crippen molar-refractivity contribution >= 4 is 17.8 Å². The Morgan fingerprint density at radius 3 is 2.24 bits per heavy atom. The number of amides is 2. The fourth-order valence-electron chi connectivity index (χ4n) is 5.64. The van der Waals surface area contributed by atoms with Crippen LogP contribution in [0, 0.1) is 18.8 Å². The number of benzene rings is 2. The van der Waals surface area contributed by atoms with Crippen LogP contribution in [0.25, 0.3) is 5.69 Å². The number of nitrogens with zero attached hydrogens (tertiary/aromatic N) is 3. The zero-order valence-electron chi connectivity index (χ0n) is 20.7. The molecule has 0 spiro atoms. The Hall–Kier alpha value is -4.02. The number of para-hydroxylation sites is 1. The van der Waals surface area contributed by atoms with E-state index in [2.05, 4.69) is 5.32 Å². The highest BCUT2D eigenvalue weighted by atomic mass is 16.5. The molecule has 37 heavy (non-hydrogen) atoms. The highest BCUT2D eigenvalue weighted by Gasteiger charge is 2.68. The summed E-state index contributed by atoms with van der Waals surface area (Å²) in [5, 5.41) is 13.5. The molecule has 10 nitrogen and oxygen atoms in total. The number of carbonyl (C=O) groups excluding carboxylic acids is 2. The molecule has 2 aliphatic rings. The van der Waals surface area contributed by atoms with Gasteiger partial charge in [0.1, 0.15) is 0 Å². The van der Waals surface area contributed by atoms with Gasteiger partial charge in [-0.3, -0.25) is 34.1 Å². The maximum absolute atomic E-state index is 13.7. The van der Waals surface area contributed by atoms with E-state index < -0.39 is 41.2 Å². The van der Waals surface area contributed by atoms with Crippen LogP contribution in [0.5, 0.6) is 0 Å². The topological polar surface area (TPSA) is 123 Å². The molecule has 4 unspecified atom stereocenters. The Bertz CT molecular complexity index is 1430. The fraction of sp³-hybridized carbons (Fsp3) is 0.333. The number of carbonyl (C=O) groups is 3. The SMILES string of the molecule is Cc1c(C2NC(COCc3ccccc3)(C(=O)O)C3C(=O)N(C)C(=O)C23)c(=O)n(-c2ccccc2)n1C. The van der Waals surface area contributed by atoms with Crippen LogP contribution in [0.2, 0.25) is 0 Å². The molecule has 2 saturated heterocycles. The van der Waals surface area contributed by atoms with Crippen LogP contribution in [0.3, 0.4) is 0 Å². The molecule has 1 aromatic heterocycles. The van der Waals surface area contributed by atoms with Gasteiger partial charge in [-0.05, 0) is 24.6 Å². The van der Waals surface area contributed by atoms with Crippen LogP contribution in [-0.4, -0.2) is 56.3 Å². The molecule has 0 bridgehead atoms. The molecule has 2 fully saturated rings. The molecule has 0 radical (unpaired) electrons. The molecule has 3 heterocycles. The van der Waals surface area contributed by atoms with Gasteiger partial charge in [0, 0.05) is 19.8 Å². The summed E-state index contributed by atoms with van der Waals surface area (Å²) in [6.07, 6.45) is 0. The third-order valence-electron chi connectivity index (χ3n) is 7.61. The molecule has 2 N–H and O–H groups in total. The molecule has 4 atom stereocenters. The van der Waals surface area contributed by atoms with Crippen LogP contribution in [0.15, 0.2) is 65.5 Å². The number of likely N-dealkylation sites (tertiary alicyclic amines) is 1. The van der Waals surface area contributed by atoms with Crippen molar-refractivity contribution in [1.29, 1.82) is 0 Å². The fourth-order valence-corrected chi connectivity index (χ4v) is 5.64.